The summed E-state index contributed by atoms with van der Waals surface area (Å²) in [5, 5.41) is -0.410. The summed E-state index contributed by atoms with van der Waals surface area (Å²) in [7, 11) is 0. The lowest BCUT2D eigenvalue weighted by atomic mass is 10.4. The normalized spacial score (nSPS) is 12.0. The molecule has 0 bridgehead atoms. The van der Waals surface area contributed by atoms with Gasteiger partial charge in [0.05, 0.1) is 11.3 Å². The van der Waals surface area contributed by atoms with Crippen molar-refractivity contribution in [2.45, 2.75) is 6.18 Å². The van der Waals surface area contributed by atoms with Crippen molar-refractivity contribution in [1.82, 2.24) is 0 Å². The molecule has 0 spiro atoms. The van der Waals surface area contributed by atoms with Crippen LogP contribution in [-0.4, -0.2) is 0 Å². The lowest BCUT2D eigenvalue weighted by molar-refractivity contribution is -0.152. The van der Waals surface area contributed by atoms with Crippen LogP contribution in [0.3, 0.4) is 0 Å². The average Bonchev–Trinajstić information content (AvgIpc) is 2.11. The maximum atomic E-state index is 11.7. The fourth-order valence-electron chi connectivity index (χ4n) is 0.496. The summed E-state index contributed by atoms with van der Waals surface area (Å²) < 4.78 is 39.2. The summed E-state index contributed by atoms with van der Waals surface area (Å²) in [6.07, 6.45) is -3.59. The molecule has 0 N–H and O–H groups in total. The van der Waals surface area contributed by atoms with Gasteiger partial charge in [-0.25, -0.2) is 0 Å². The molecule has 1 rings (SSSR count). The second-order valence-corrected chi connectivity index (χ2v) is 2.00. The third kappa shape index (κ3) is 1.26. The first kappa shape index (κ1) is 7.47. The van der Waals surface area contributed by atoms with Crippen LogP contribution in [0.5, 0.6) is 0 Å². The van der Waals surface area contributed by atoms with E-state index in [0.717, 1.165) is 12.3 Å². The largest absolute Gasteiger partial charge is 0.458 e. The van der Waals surface area contributed by atoms with Gasteiger partial charge in [0.25, 0.3) is 0 Å². The molecule has 0 amide bonds. The van der Waals surface area contributed by atoms with Crippen molar-refractivity contribution in [1.29, 1.82) is 0 Å². The Balaban J connectivity index is 3.05. The molecule has 5 heteroatoms. The zero-order valence-corrected chi connectivity index (χ0v) is 5.33. The molecule has 0 aliphatic carbocycles. The highest BCUT2D eigenvalue weighted by atomic mass is 35.5. The van der Waals surface area contributed by atoms with Crippen LogP contribution in [0, 0.1) is 0 Å². The van der Waals surface area contributed by atoms with Crippen molar-refractivity contribution >= 4 is 11.6 Å². The van der Waals surface area contributed by atoms with Gasteiger partial charge in [-0.2, -0.15) is 13.2 Å². The molecule has 0 aliphatic heterocycles. The van der Waals surface area contributed by atoms with Crippen LogP contribution in [0.25, 0.3) is 0 Å². The van der Waals surface area contributed by atoms with Gasteiger partial charge in [0, 0.05) is 0 Å². The van der Waals surface area contributed by atoms with Gasteiger partial charge in [-0.1, -0.05) is 11.6 Å². The molecular weight excluding hydrogens is 169 g/mol. The standard InChI is InChI=1S/C5H2ClF3O/c6-3-1-2-10-4(3)5(7,8)9/h1-2H. The quantitative estimate of drug-likeness (QED) is 0.584. The highest BCUT2D eigenvalue weighted by Gasteiger charge is 2.36. The van der Waals surface area contributed by atoms with E-state index in [9.17, 15) is 13.2 Å². The molecular formula is C5H2ClF3O. The third-order valence-electron chi connectivity index (χ3n) is 0.875. The number of halogens is 4. The van der Waals surface area contributed by atoms with Crippen LogP contribution in [0.1, 0.15) is 5.76 Å². The summed E-state index contributed by atoms with van der Waals surface area (Å²) in [4.78, 5) is 0. The Morgan fingerprint density at radius 1 is 1.40 bits per heavy atom. The first-order valence-electron chi connectivity index (χ1n) is 2.32. The van der Waals surface area contributed by atoms with Crippen LogP contribution in [0.2, 0.25) is 5.02 Å². The van der Waals surface area contributed by atoms with E-state index in [1.807, 2.05) is 0 Å². The summed E-state index contributed by atoms with van der Waals surface area (Å²) in [6.45, 7) is 0. The monoisotopic (exact) mass is 170 g/mol. The Kier molecular flexibility index (Phi) is 1.64. The zero-order chi connectivity index (χ0) is 7.78. The van der Waals surface area contributed by atoms with Crippen molar-refractivity contribution in [3.05, 3.63) is 23.1 Å². The van der Waals surface area contributed by atoms with E-state index in [1.165, 1.54) is 0 Å². The fourth-order valence-corrected chi connectivity index (χ4v) is 0.699. The Hall–Kier alpha value is -0.640. The predicted molar refractivity (Wildman–Crippen MR) is 28.7 cm³/mol. The lowest BCUT2D eigenvalue weighted by Crippen LogP contribution is -2.02. The predicted octanol–water partition coefficient (Wildman–Crippen LogP) is 2.95. The van der Waals surface area contributed by atoms with Crippen molar-refractivity contribution in [3.63, 3.8) is 0 Å². The molecule has 0 aliphatic rings. The molecule has 10 heavy (non-hydrogen) atoms. The Morgan fingerprint density at radius 3 is 2.20 bits per heavy atom. The van der Waals surface area contributed by atoms with E-state index in [4.69, 9.17) is 11.6 Å². The minimum Gasteiger partial charge on any atom is -0.458 e. The van der Waals surface area contributed by atoms with Gasteiger partial charge in [0.2, 0.25) is 5.76 Å². The molecule has 0 radical (unpaired) electrons. The SMILES string of the molecule is FC(F)(F)c1occc1Cl. The Morgan fingerprint density at radius 2 is 2.00 bits per heavy atom. The summed E-state index contributed by atoms with van der Waals surface area (Å²) in [5.41, 5.74) is 0. The molecule has 1 aromatic heterocycles. The number of furan rings is 1. The maximum Gasteiger partial charge on any atom is 0.451 e. The third-order valence-corrected chi connectivity index (χ3v) is 1.17. The lowest BCUT2D eigenvalue weighted by Gasteiger charge is -2.00. The van der Waals surface area contributed by atoms with Gasteiger partial charge in [-0.05, 0) is 6.07 Å². The van der Waals surface area contributed by atoms with Gasteiger partial charge >= 0.3 is 6.18 Å². The molecule has 1 heterocycles. The molecule has 0 saturated carbocycles. The molecule has 0 unspecified atom stereocenters. The Bertz CT molecular complexity index is 227. The van der Waals surface area contributed by atoms with E-state index in [2.05, 4.69) is 4.42 Å². The van der Waals surface area contributed by atoms with Gasteiger partial charge < -0.3 is 4.42 Å². The Labute approximate surface area is 59.4 Å². The minimum atomic E-state index is -4.49. The minimum absolute atomic E-state index is 0.410. The highest BCUT2D eigenvalue weighted by molar-refractivity contribution is 6.31. The molecule has 0 saturated heterocycles. The zero-order valence-electron chi connectivity index (χ0n) is 4.57. The van der Waals surface area contributed by atoms with Gasteiger partial charge in [-0.3, -0.25) is 0 Å². The molecule has 0 atom stereocenters. The topological polar surface area (TPSA) is 13.1 Å². The van der Waals surface area contributed by atoms with Crippen molar-refractivity contribution in [3.8, 4) is 0 Å². The fraction of sp³-hybridized carbons (Fsp3) is 0.200. The first-order chi connectivity index (χ1) is 4.52. The smallest absolute Gasteiger partial charge is 0.451 e. The second kappa shape index (κ2) is 2.20. The molecule has 0 aromatic carbocycles. The van der Waals surface area contributed by atoms with E-state index in [0.29, 0.717) is 0 Å². The first-order valence-corrected chi connectivity index (χ1v) is 2.70. The van der Waals surface area contributed by atoms with Crippen molar-refractivity contribution < 1.29 is 17.6 Å². The number of hydrogen-bond donors (Lipinski definition) is 0. The van der Waals surface area contributed by atoms with Crippen LogP contribution >= 0.6 is 11.6 Å². The summed E-state index contributed by atoms with van der Waals surface area (Å²) in [5.74, 6) is -1.14. The van der Waals surface area contributed by atoms with Crippen molar-refractivity contribution in [2.24, 2.45) is 0 Å². The van der Waals surface area contributed by atoms with E-state index >= 15 is 0 Å². The van der Waals surface area contributed by atoms with Crippen LogP contribution in [0.4, 0.5) is 13.2 Å². The highest BCUT2D eigenvalue weighted by Crippen LogP contribution is 2.34. The van der Waals surface area contributed by atoms with Crippen LogP contribution < -0.4 is 0 Å². The van der Waals surface area contributed by atoms with E-state index < -0.39 is 17.0 Å². The maximum absolute atomic E-state index is 11.7. The van der Waals surface area contributed by atoms with Crippen LogP contribution in [-0.2, 0) is 6.18 Å². The number of hydrogen-bond acceptors (Lipinski definition) is 1. The summed E-state index contributed by atoms with van der Waals surface area (Å²) >= 11 is 5.11. The van der Waals surface area contributed by atoms with E-state index in [-0.39, 0.29) is 0 Å². The van der Waals surface area contributed by atoms with Crippen molar-refractivity contribution in [2.75, 3.05) is 0 Å². The van der Waals surface area contributed by atoms with E-state index in [1.54, 1.807) is 0 Å². The average molecular weight is 171 g/mol. The van der Waals surface area contributed by atoms with Gasteiger partial charge in [0.15, 0.2) is 0 Å². The summed E-state index contributed by atoms with van der Waals surface area (Å²) in [6, 6.07) is 1.05. The second-order valence-electron chi connectivity index (χ2n) is 1.60. The number of alkyl halides is 3. The molecule has 56 valence electrons. The number of rotatable bonds is 0. The van der Waals surface area contributed by atoms with Gasteiger partial charge in [-0.15, -0.1) is 0 Å². The molecule has 1 aromatic rings. The van der Waals surface area contributed by atoms with Gasteiger partial charge in [0.1, 0.15) is 0 Å². The van der Waals surface area contributed by atoms with Crippen LogP contribution in [0.15, 0.2) is 16.7 Å². The molecule has 0 fully saturated rings. The molecule has 1 nitrogen and oxygen atoms in total.